The maximum Gasteiger partial charge on any atom is 0.180 e. The van der Waals surface area contributed by atoms with Gasteiger partial charge < -0.3 is 19.2 Å². The van der Waals surface area contributed by atoms with Gasteiger partial charge in [0.05, 0.1) is 35.3 Å². The van der Waals surface area contributed by atoms with Gasteiger partial charge in [-0.25, -0.2) is 4.98 Å². The average molecular weight is 586 g/mol. The zero-order chi connectivity index (χ0) is 24.1. The van der Waals surface area contributed by atoms with E-state index in [2.05, 4.69) is 38.6 Å². The van der Waals surface area contributed by atoms with E-state index < -0.39 is 0 Å². The summed E-state index contributed by atoms with van der Waals surface area (Å²) in [5.41, 5.74) is 3.61. The Kier molecular flexibility index (Phi) is 7.60. The standard InChI is InChI=1S/C26H21ClIN3O3/c1-3-33-24-12-17(11-21(27)25(24)34-15-16-4-6-19(28)7-5-16)10-18(14-29)26-30-22-9-8-20(32-2)13-23(22)31-26/h4-13H,3,15H2,1-2H3,(H,30,31)/b18-10-. The van der Waals surface area contributed by atoms with Crippen molar-refractivity contribution >= 4 is 56.9 Å². The Morgan fingerprint density at radius 3 is 2.65 bits per heavy atom. The van der Waals surface area contributed by atoms with Crippen molar-refractivity contribution in [1.82, 2.24) is 9.97 Å². The fourth-order valence-corrected chi connectivity index (χ4v) is 4.01. The van der Waals surface area contributed by atoms with E-state index in [9.17, 15) is 5.26 Å². The van der Waals surface area contributed by atoms with Crippen molar-refractivity contribution in [3.63, 3.8) is 0 Å². The molecule has 6 nitrogen and oxygen atoms in total. The minimum absolute atomic E-state index is 0.359. The van der Waals surface area contributed by atoms with Crippen LogP contribution in [0.5, 0.6) is 17.2 Å². The van der Waals surface area contributed by atoms with Crippen molar-refractivity contribution in [3.05, 3.63) is 80.1 Å². The number of rotatable bonds is 8. The third kappa shape index (κ3) is 5.46. The number of allylic oxidation sites excluding steroid dienone is 1. The van der Waals surface area contributed by atoms with Crippen LogP contribution in [0, 0.1) is 14.9 Å². The summed E-state index contributed by atoms with van der Waals surface area (Å²) in [5.74, 6) is 2.14. The number of H-pyrrole nitrogens is 1. The first-order chi connectivity index (χ1) is 16.5. The molecule has 0 saturated carbocycles. The second-order valence-corrected chi connectivity index (χ2v) is 8.97. The molecule has 4 rings (SSSR count). The van der Waals surface area contributed by atoms with E-state index in [4.69, 9.17) is 25.8 Å². The maximum absolute atomic E-state index is 9.80. The first kappa shape index (κ1) is 23.9. The van der Waals surface area contributed by atoms with Crippen LogP contribution in [0.2, 0.25) is 5.02 Å². The molecule has 1 aromatic heterocycles. The number of methoxy groups -OCH3 is 1. The molecule has 4 aromatic rings. The first-order valence-electron chi connectivity index (χ1n) is 10.5. The lowest BCUT2D eigenvalue weighted by Crippen LogP contribution is -2.01. The normalized spacial score (nSPS) is 11.3. The van der Waals surface area contributed by atoms with E-state index in [1.54, 1.807) is 19.3 Å². The third-order valence-electron chi connectivity index (χ3n) is 5.00. The van der Waals surface area contributed by atoms with Crippen molar-refractivity contribution in [3.8, 4) is 23.3 Å². The molecule has 0 saturated heterocycles. The van der Waals surface area contributed by atoms with Crippen molar-refractivity contribution in [2.75, 3.05) is 13.7 Å². The fraction of sp³-hybridized carbons (Fsp3) is 0.154. The molecule has 8 heteroatoms. The summed E-state index contributed by atoms with van der Waals surface area (Å²) in [5, 5.41) is 10.2. The largest absolute Gasteiger partial charge is 0.497 e. The molecule has 0 aliphatic carbocycles. The van der Waals surface area contributed by atoms with Crippen molar-refractivity contribution in [1.29, 1.82) is 5.26 Å². The second-order valence-electron chi connectivity index (χ2n) is 7.32. The van der Waals surface area contributed by atoms with Crippen LogP contribution in [0.3, 0.4) is 0 Å². The molecule has 3 aromatic carbocycles. The Hall–Kier alpha value is -3.22. The van der Waals surface area contributed by atoms with Crippen molar-refractivity contribution < 1.29 is 14.2 Å². The quantitative estimate of drug-likeness (QED) is 0.180. The van der Waals surface area contributed by atoms with E-state index in [0.717, 1.165) is 20.2 Å². The molecule has 0 spiro atoms. The minimum atomic E-state index is 0.359. The van der Waals surface area contributed by atoms with E-state index >= 15 is 0 Å². The number of ether oxygens (including phenoxy) is 3. The highest BCUT2D eigenvalue weighted by Gasteiger charge is 2.14. The number of aromatic amines is 1. The number of imidazole rings is 1. The van der Waals surface area contributed by atoms with Crippen LogP contribution < -0.4 is 14.2 Å². The van der Waals surface area contributed by atoms with Crippen molar-refractivity contribution in [2.45, 2.75) is 13.5 Å². The van der Waals surface area contributed by atoms with E-state index in [1.807, 2.05) is 55.5 Å². The van der Waals surface area contributed by atoms with Gasteiger partial charge in [0.1, 0.15) is 24.3 Å². The summed E-state index contributed by atoms with van der Waals surface area (Å²) >= 11 is 8.84. The second kappa shape index (κ2) is 10.8. The monoisotopic (exact) mass is 585 g/mol. The number of nitrogens with zero attached hydrogens (tertiary/aromatic N) is 2. The molecule has 0 aliphatic heterocycles. The number of hydrogen-bond donors (Lipinski definition) is 1. The number of fused-ring (bicyclic) bond motifs is 1. The van der Waals surface area contributed by atoms with Gasteiger partial charge in [-0.3, -0.25) is 0 Å². The number of nitriles is 1. The van der Waals surface area contributed by atoms with Crippen LogP contribution in [0.1, 0.15) is 23.9 Å². The lowest BCUT2D eigenvalue weighted by molar-refractivity contribution is 0.269. The lowest BCUT2D eigenvalue weighted by atomic mass is 10.1. The molecule has 0 aliphatic rings. The number of nitrogens with one attached hydrogen (secondary N) is 1. The first-order valence-corrected chi connectivity index (χ1v) is 12.0. The summed E-state index contributed by atoms with van der Waals surface area (Å²) < 4.78 is 18.2. The molecule has 34 heavy (non-hydrogen) atoms. The van der Waals surface area contributed by atoms with Crippen LogP contribution in [0.15, 0.2) is 54.6 Å². The smallest absolute Gasteiger partial charge is 0.180 e. The van der Waals surface area contributed by atoms with E-state index in [1.165, 1.54) is 0 Å². The highest BCUT2D eigenvalue weighted by molar-refractivity contribution is 14.1. The Labute approximate surface area is 216 Å². The molecule has 0 unspecified atom stereocenters. The van der Waals surface area contributed by atoms with Crippen LogP contribution in [-0.2, 0) is 6.61 Å². The summed E-state index contributed by atoms with van der Waals surface area (Å²) in [6.45, 7) is 2.69. The SMILES string of the molecule is CCOc1cc(/C=C(/C#N)c2nc3ccc(OC)cc3[nH]2)cc(Cl)c1OCc1ccc(I)cc1. The van der Waals surface area contributed by atoms with Gasteiger partial charge in [0.25, 0.3) is 0 Å². The molecular formula is C26H21ClIN3O3. The molecule has 0 atom stereocenters. The van der Waals surface area contributed by atoms with Gasteiger partial charge in [-0.2, -0.15) is 5.26 Å². The number of hydrogen-bond acceptors (Lipinski definition) is 5. The summed E-state index contributed by atoms with van der Waals surface area (Å²) in [6.07, 6.45) is 1.71. The molecule has 172 valence electrons. The molecule has 0 bridgehead atoms. The van der Waals surface area contributed by atoms with E-state index in [-0.39, 0.29) is 0 Å². The lowest BCUT2D eigenvalue weighted by Gasteiger charge is -2.15. The number of aromatic nitrogens is 2. The summed E-state index contributed by atoms with van der Waals surface area (Å²) in [6, 6.07) is 19.3. The topological polar surface area (TPSA) is 80.2 Å². The number of benzene rings is 3. The molecule has 0 radical (unpaired) electrons. The predicted octanol–water partition coefficient (Wildman–Crippen LogP) is 6.87. The Bertz CT molecular complexity index is 1390. The van der Waals surface area contributed by atoms with Crippen LogP contribution in [0.25, 0.3) is 22.7 Å². The van der Waals surface area contributed by atoms with E-state index in [0.29, 0.717) is 52.4 Å². The van der Waals surface area contributed by atoms with Crippen LogP contribution in [-0.4, -0.2) is 23.7 Å². The van der Waals surface area contributed by atoms with Gasteiger partial charge >= 0.3 is 0 Å². The van der Waals surface area contributed by atoms with Crippen molar-refractivity contribution in [2.24, 2.45) is 0 Å². The van der Waals surface area contributed by atoms with Gasteiger partial charge in [-0.1, -0.05) is 23.7 Å². The maximum atomic E-state index is 9.80. The molecular weight excluding hydrogens is 565 g/mol. The van der Waals surface area contributed by atoms with Crippen LogP contribution >= 0.6 is 34.2 Å². The highest BCUT2D eigenvalue weighted by atomic mass is 127. The third-order valence-corrected chi connectivity index (χ3v) is 6.00. The molecule has 0 fully saturated rings. The van der Waals surface area contributed by atoms with Gasteiger partial charge in [0.15, 0.2) is 11.5 Å². The van der Waals surface area contributed by atoms with Crippen LogP contribution in [0.4, 0.5) is 0 Å². The zero-order valence-corrected chi connectivity index (χ0v) is 21.5. The summed E-state index contributed by atoms with van der Waals surface area (Å²) in [7, 11) is 1.60. The zero-order valence-electron chi connectivity index (χ0n) is 18.6. The van der Waals surface area contributed by atoms with Gasteiger partial charge in [0.2, 0.25) is 0 Å². The average Bonchev–Trinajstić information content (AvgIpc) is 3.26. The highest BCUT2D eigenvalue weighted by Crippen LogP contribution is 2.38. The number of halogens is 2. The predicted molar refractivity (Wildman–Crippen MR) is 142 cm³/mol. The fourth-order valence-electron chi connectivity index (χ4n) is 3.37. The van der Waals surface area contributed by atoms with Gasteiger partial charge in [-0.05, 0) is 83.1 Å². The molecule has 0 amide bonds. The minimum Gasteiger partial charge on any atom is -0.497 e. The molecule has 1 heterocycles. The Morgan fingerprint density at radius 1 is 1.15 bits per heavy atom. The van der Waals surface area contributed by atoms with Gasteiger partial charge in [-0.15, -0.1) is 0 Å². The Balaban J connectivity index is 1.65. The molecule has 1 N–H and O–H groups in total. The Morgan fingerprint density at radius 2 is 1.94 bits per heavy atom. The summed E-state index contributed by atoms with van der Waals surface area (Å²) in [4.78, 5) is 7.71. The van der Waals surface area contributed by atoms with Gasteiger partial charge in [0, 0.05) is 9.64 Å².